The van der Waals surface area contributed by atoms with Gasteiger partial charge in [0.15, 0.2) is 0 Å². The molecule has 7 nitrogen and oxygen atoms in total. The molecule has 170 valence electrons. The molecular formula is C26H26N2O5. The summed E-state index contributed by atoms with van der Waals surface area (Å²) < 4.78 is 9.84. The van der Waals surface area contributed by atoms with E-state index in [1.54, 1.807) is 45.0 Å². The van der Waals surface area contributed by atoms with Crippen molar-refractivity contribution in [2.75, 3.05) is 13.7 Å². The first-order valence-corrected chi connectivity index (χ1v) is 10.2. The minimum atomic E-state index is -1.08. The van der Waals surface area contributed by atoms with Gasteiger partial charge in [0.05, 0.1) is 13.7 Å². The highest BCUT2D eigenvalue weighted by molar-refractivity contribution is 5.97. The maximum Gasteiger partial charge on any atom is 0.407 e. The van der Waals surface area contributed by atoms with Gasteiger partial charge in [-0.3, -0.25) is 4.79 Å². The predicted molar refractivity (Wildman–Crippen MR) is 124 cm³/mol. The Morgan fingerprint density at radius 1 is 0.909 bits per heavy atom. The van der Waals surface area contributed by atoms with E-state index in [4.69, 9.17) is 9.47 Å². The van der Waals surface area contributed by atoms with Crippen LogP contribution >= 0.6 is 0 Å². The second-order valence-corrected chi connectivity index (χ2v) is 7.88. The fraction of sp³-hybridized carbons (Fsp3) is 0.269. The second-order valence-electron chi connectivity index (χ2n) is 7.88. The lowest BCUT2D eigenvalue weighted by molar-refractivity contribution is -0.142. The first kappa shape index (κ1) is 25.0. The molecular weight excluding hydrogens is 420 g/mol. The number of esters is 1. The van der Waals surface area contributed by atoms with Gasteiger partial charge in [-0.1, -0.05) is 30.0 Å². The van der Waals surface area contributed by atoms with E-state index >= 15 is 0 Å². The van der Waals surface area contributed by atoms with Crippen LogP contribution in [0, 0.1) is 23.7 Å². The van der Waals surface area contributed by atoms with Gasteiger partial charge in [0.1, 0.15) is 11.6 Å². The molecule has 0 saturated heterocycles. The van der Waals surface area contributed by atoms with Gasteiger partial charge in [-0.25, -0.2) is 9.59 Å². The zero-order valence-corrected chi connectivity index (χ0v) is 19.0. The van der Waals surface area contributed by atoms with E-state index in [9.17, 15) is 14.4 Å². The number of nitrogens with one attached hydrogen (secondary N) is 2. The molecule has 0 fully saturated rings. The Balaban J connectivity index is 1.98. The zero-order chi connectivity index (χ0) is 24.3. The summed E-state index contributed by atoms with van der Waals surface area (Å²) in [6.45, 7) is 4.97. The van der Waals surface area contributed by atoms with Crippen molar-refractivity contribution in [1.29, 1.82) is 0 Å². The van der Waals surface area contributed by atoms with Crippen LogP contribution < -0.4 is 10.6 Å². The fourth-order valence-corrected chi connectivity index (χ4v) is 2.51. The molecule has 0 aliphatic rings. The Morgan fingerprint density at radius 3 is 2.03 bits per heavy atom. The molecule has 2 aromatic carbocycles. The van der Waals surface area contributed by atoms with Crippen LogP contribution in [0.5, 0.6) is 0 Å². The van der Waals surface area contributed by atoms with Gasteiger partial charge in [0.2, 0.25) is 0 Å². The van der Waals surface area contributed by atoms with Crippen LogP contribution in [-0.2, 0) is 14.3 Å². The highest BCUT2D eigenvalue weighted by Crippen LogP contribution is 2.07. The number of benzene rings is 2. The summed E-state index contributed by atoms with van der Waals surface area (Å²) >= 11 is 0. The molecule has 0 heterocycles. The molecule has 0 saturated carbocycles. The van der Waals surface area contributed by atoms with E-state index in [0.717, 1.165) is 5.56 Å². The number of hydrogen-bond donors (Lipinski definition) is 2. The van der Waals surface area contributed by atoms with Crippen LogP contribution in [0.25, 0.3) is 0 Å². The molecule has 7 heteroatoms. The minimum absolute atomic E-state index is 0.184. The number of ether oxygens (including phenoxy) is 2. The maximum absolute atomic E-state index is 12.6. The Hall–Kier alpha value is -4.23. The number of alkyl carbamates (subject to hydrolysis) is 1. The summed E-state index contributed by atoms with van der Waals surface area (Å²) in [5.74, 6) is 10.2. The van der Waals surface area contributed by atoms with Crippen molar-refractivity contribution < 1.29 is 23.9 Å². The van der Waals surface area contributed by atoms with E-state index in [0.29, 0.717) is 11.1 Å². The molecule has 1 unspecified atom stereocenters. The average molecular weight is 447 g/mol. The highest BCUT2D eigenvalue weighted by Gasteiger charge is 2.24. The van der Waals surface area contributed by atoms with Crippen molar-refractivity contribution in [3.63, 3.8) is 0 Å². The normalized spacial score (nSPS) is 10.9. The van der Waals surface area contributed by atoms with Crippen LogP contribution in [0.2, 0.25) is 0 Å². The van der Waals surface area contributed by atoms with Crippen molar-refractivity contribution in [2.24, 2.45) is 0 Å². The Bertz CT molecular complexity index is 1100. The monoisotopic (exact) mass is 446 g/mol. The number of carbonyl (C=O) groups excluding carboxylic acids is 3. The number of carbonyl (C=O) groups is 3. The first-order chi connectivity index (χ1) is 15.7. The molecule has 1 atom stereocenters. The van der Waals surface area contributed by atoms with Gasteiger partial charge < -0.3 is 20.1 Å². The van der Waals surface area contributed by atoms with Crippen LogP contribution in [0.1, 0.15) is 42.3 Å². The van der Waals surface area contributed by atoms with Gasteiger partial charge in [-0.05, 0) is 69.0 Å². The van der Waals surface area contributed by atoms with Gasteiger partial charge in [0.25, 0.3) is 5.91 Å². The van der Waals surface area contributed by atoms with Crippen molar-refractivity contribution in [3.05, 3.63) is 71.3 Å². The lowest BCUT2D eigenvalue weighted by Crippen LogP contribution is -2.49. The molecule has 2 amide bonds. The third-order valence-electron chi connectivity index (χ3n) is 4.04. The molecule has 0 aromatic heterocycles. The van der Waals surface area contributed by atoms with Gasteiger partial charge in [-0.15, -0.1) is 0 Å². The van der Waals surface area contributed by atoms with E-state index in [2.05, 4.69) is 34.3 Å². The lowest BCUT2D eigenvalue weighted by Gasteiger charge is -2.21. The standard InChI is InChI=1S/C26H26N2O5/c1-26(2,3)33-25(31)27-18-22(24(30)32-4)28-23(29)21-16-14-20(15-17-21)13-9-8-12-19-10-6-5-7-11-19/h5-7,10-11,14-17,22H,18H2,1-4H3,(H,27,31)(H,28,29). The fourth-order valence-electron chi connectivity index (χ4n) is 2.51. The Labute approximate surface area is 193 Å². The largest absolute Gasteiger partial charge is 0.467 e. The topological polar surface area (TPSA) is 93.7 Å². The van der Waals surface area contributed by atoms with Crippen molar-refractivity contribution in [2.45, 2.75) is 32.4 Å². The van der Waals surface area contributed by atoms with E-state index in [1.807, 2.05) is 30.3 Å². The van der Waals surface area contributed by atoms with E-state index in [-0.39, 0.29) is 6.54 Å². The lowest BCUT2D eigenvalue weighted by atomic mass is 10.1. The average Bonchev–Trinajstić information content (AvgIpc) is 2.78. The van der Waals surface area contributed by atoms with Gasteiger partial charge in [-0.2, -0.15) is 0 Å². The Kier molecular flexibility index (Phi) is 9.08. The first-order valence-electron chi connectivity index (χ1n) is 10.2. The summed E-state index contributed by atoms with van der Waals surface area (Å²) in [6, 6.07) is 15.0. The van der Waals surface area contributed by atoms with Crippen LogP contribution in [0.15, 0.2) is 54.6 Å². The van der Waals surface area contributed by atoms with Crippen LogP contribution in [0.4, 0.5) is 4.79 Å². The molecule has 0 aliphatic heterocycles. The summed E-state index contributed by atoms with van der Waals surface area (Å²) in [5.41, 5.74) is 1.19. The number of methoxy groups -OCH3 is 1. The Morgan fingerprint density at radius 2 is 1.48 bits per heavy atom. The quantitative estimate of drug-likeness (QED) is 0.544. The zero-order valence-electron chi connectivity index (χ0n) is 19.0. The second kappa shape index (κ2) is 12.0. The number of hydrogen-bond acceptors (Lipinski definition) is 5. The summed E-state index contributed by atoms with van der Waals surface area (Å²) in [4.78, 5) is 36.4. The molecule has 0 aliphatic carbocycles. The van der Waals surface area contributed by atoms with Gasteiger partial charge >= 0.3 is 12.1 Å². The third kappa shape index (κ3) is 9.20. The van der Waals surface area contributed by atoms with Crippen LogP contribution in [0.3, 0.4) is 0 Å². The molecule has 2 rings (SSSR count). The minimum Gasteiger partial charge on any atom is -0.467 e. The summed E-state index contributed by atoms with van der Waals surface area (Å²) in [5, 5.41) is 5.00. The predicted octanol–water partition coefficient (Wildman–Crippen LogP) is 2.89. The van der Waals surface area contributed by atoms with Crippen molar-refractivity contribution in [3.8, 4) is 23.7 Å². The van der Waals surface area contributed by atoms with E-state index < -0.39 is 29.6 Å². The molecule has 2 aromatic rings. The molecule has 2 N–H and O–H groups in total. The van der Waals surface area contributed by atoms with Crippen LogP contribution in [-0.4, -0.2) is 43.3 Å². The van der Waals surface area contributed by atoms with Crippen molar-refractivity contribution >= 4 is 18.0 Å². The summed E-state index contributed by atoms with van der Waals surface area (Å²) in [7, 11) is 1.20. The van der Waals surface area contributed by atoms with Gasteiger partial charge in [0, 0.05) is 16.7 Å². The van der Waals surface area contributed by atoms with E-state index in [1.165, 1.54) is 7.11 Å². The molecule has 0 radical (unpaired) electrons. The van der Waals surface area contributed by atoms with Crippen molar-refractivity contribution in [1.82, 2.24) is 10.6 Å². The smallest absolute Gasteiger partial charge is 0.407 e. The molecule has 33 heavy (non-hydrogen) atoms. The molecule has 0 bridgehead atoms. The molecule has 0 spiro atoms. The third-order valence-corrected chi connectivity index (χ3v) is 4.04. The SMILES string of the molecule is COC(=O)C(CNC(=O)OC(C)(C)C)NC(=O)c1ccc(C#CC#Cc2ccccc2)cc1. The highest BCUT2D eigenvalue weighted by atomic mass is 16.6. The number of amides is 2. The number of rotatable bonds is 5. The summed E-state index contributed by atoms with van der Waals surface area (Å²) in [6.07, 6.45) is -0.705. The maximum atomic E-state index is 12.6.